The number of nitrogens with one attached hydrogen (secondary N) is 1. The van der Waals surface area contributed by atoms with Crippen LogP contribution in [0.1, 0.15) is 28.9 Å². The maximum absolute atomic E-state index is 12.4. The molecule has 0 aromatic heterocycles. The molecule has 0 bridgehead atoms. The molecule has 0 heterocycles. The van der Waals surface area contributed by atoms with E-state index in [0.717, 1.165) is 10.0 Å². The van der Waals surface area contributed by atoms with Crippen molar-refractivity contribution < 1.29 is 9.53 Å². The zero-order valence-electron chi connectivity index (χ0n) is 11.9. The van der Waals surface area contributed by atoms with Gasteiger partial charge in [-0.25, -0.2) is 0 Å². The van der Waals surface area contributed by atoms with E-state index >= 15 is 0 Å². The number of halogens is 1. The molecular weight excluding hydrogens is 332 g/mol. The number of rotatable bonds is 4. The van der Waals surface area contributed by atoms with Crippen LogP contribution in [-0.2, 0) is 0 Å². The van der Waals surface area contributed by atoms with Crippen molar-refractivity contribution in [1.82, 2.24) is 5.32 Å². The summed E-state index contributed by atoms with van der Waals surface area (Å²) < 4.78 is 6.21. The van der Waals surface area contributed by atoms with Crippen LogP contribution in [0.15, 0.2) is 46.9 Å². The molecule has 0 aliphatic carbocycles. The lowest BCUT2D eigenvalue weighted by Crippen LogP contribution is -2.27. The number of carbonyl (C=O) groups is 1. The minimum Gasteiger partial charge on any atom is -0.494 e. The van der Waals surface area contributed by atoms with Crippen molar-refractivity contribution in [2.75, 3.05) is 12.8 Å². The Labute approximate surface area is 132 Å². The number of hydrogen-bond donors (Lipinski definition) is 2. The monoisotopic (exact) mass is 348 g/mol. The number of hydrogen-bond acceptors (Lipinski definition) is 3. The molecule has 2 aromatic carbocycles. The normalized spacial score (nSPS) is 11.8. The molecule has 1 atom stereocenters. The third-order valence-corrected chi connectivity index (χ3v) is 3.74. The Morgan fingerprint density at radius 2 is 1.90 bits per heavy atom. The minimum atomic E-state index is -0.213. The first-order valence-corrected chi connectivity index (χ1v) is 7.31. The van der Waals surface area contributed by atoms with E-state index in [1.165, 1.54) is 7.11 Å². The van der Waals surface area contributed by atoms with E-state index in [4.69, 9.17) is 10.5 Å². The van der Waals surface area contributed by atoms with Gasteiger partial charge in [0.1, 0.15) is 0 Å². The van der Waals surface area contributed by atoms with Gasteiger partial charge in [-0.3, -0.25) is 4.79 Å². The van der Waals surface area contributed by atoms with Gasteiger partial charge in [-0.1, -0.05) is 34.1 Å². The Kier molecular flexibility index (Phi) is 4.85. The minimum absolute atomic E-state index is 0.114. The largest absolute Gasteiger partial charge is 0.494 e. The molecule has 1 unspecified atom stereocenters. The molecule has 21 heavy (non-hydrogen) atoms. The highest BCUT2D eigenvalue weighted by molar-refractivity contribution is 9.10. The van der Waals surface area contributed by atoms with E-state index in [1.807, 2.05) is 31.2 Å². The Morgan fingerprint density at radius 1 is 1.24 bits per heavy atom. The van der Waals surface area contributed by atoms with E-state index < -0.39 is 0 Å². The average molecular weight is 349 g/mol. The summed E-state index contributed by atoms with van der Waals surface area (Å²) in [5, 5.41) is 2.94. The highest BCUT2D eigenvalue weighted by atomic mass is 79.9. The predicted molar refractivity (Wildman–Crippen MR) is 87.4 cm³/mol. The molecule has 1 amide bonds. The van der Waals surface area contributed by atoms with E-state index in [2.05, 4.69) is 21.2 Å². The lowest BCUT2D eigenvalue weighted by atomic mass is 10.1. The van der Waals surface area contributed by atoms with E-state index in [1.54, 1.807) is 18.2 Å². The van der Waals surface area contributed by atoms with Gasteiger partial charge in [-0.2, -0.15) is 0 Å². The topological polar surface area (TPSA) is 64.3 Å². The molecule has 3 N–H and O–H groups in total. The fourth-order valence-electron chi connectivity index (χ4n) is 2.07. The fraction of sp³-hybridized carbons (Fsp3) is 0.188. The third kappa shape index (κ3) is 3.55. The van der Waals surface area contributed by atoms with Gasteiger partial charge in [-0.15, -0.1) is 0 Å². The third-order valence-electron chi connectivity index (χ3n) is 3.21. The fourth-order valence-corrected chi connectivity index (χ4v) is 2.34. The molecule has 0 spiro atoms. The summed E-state index contributed by atoms with van der Waals surface area (Å²) in [4.78, 5) is 12.4. The highest BCUT2D eigenvalue weighted by Crippen LogP contribution is 2.26. The molecule has 5 heteroatoms. The maximum atomic E-state index is 12.4. The van der Waals surface area contributed by atoms with Crippen LogP contribution in [0.25, 0.3) is 0 Å². The summed E-state index contributed by atoms with van der Waals surface area (Å²) in [6, 6.07) is 12.8. The number of ether oxygens (including phenoxy) is 1. The van der Waals surface area contributed by atoms with Crippen molar-refractivity contribution in [2.24, 2.45) is 0 Å². The number of nitrogens with two attached hydrogens (primary N) is 1. The van der Waals surface area contributed by atoms with Crippen LogP contribution in [0.3, 0.4) is 0 Å². The molecular formula is C16H17BrN2O2. The quantitative estimate of drug-likeness (QED) is 0.830. The zero-order chi connectivity index (χ0) is 15.4. The average Bonchev–Trinajstić information content (AvgIpc) is 2.47. The molecule has 0 saturated carbocycles. The molecule has 0 aliphatic heterocycles. The number of amides is 1. The van der Waals surface area contributed by atoms with Crippen LogP contribution < -0.4 is 15.8 Å². The number of anilines is 1. The Hall–Kier alpha value is -2.01. The van der Waals surface area contributed by atoms with Crippen LogP contribution in [0.5, 0.6) is 5.75 Å². The summed E-state index contributed by atoms with van der Waals surface area (Å²) in [5.41, 5.74) is 7.72. The van der Waals surface area contributed by atoms with Gasteiger partial charge in [-0.05, 0) is 36.8 Å². The summed E-state index contributed by atoms with van der Waals surface area (Å²) in [6.45, 7) is 1.93. The maximum Gasteiger partial charge on any atom is 0.255 e. The summed E-state index contributed by atoms with van der Waals surface area (Å²) in [7, 11) is 1.50. The molecule has 0 radical (unpaired) electrons. The van der Waals surface area contributed by atoms with Gasteiger partial charge >= 0.3 is 0 Å². The second-order valence-electron chi connectivity index (χ2n) is 4.67. The van der Waals surface area contributed by atoms with Gasteiger partial charge in [0, 0.05) is 4.47 Å². The van der Waals surface area contributed by atoms with Crippen LogP contribution >= 0.6 is 15.9 Å². The van der Waals surface area contributed by atoms with Crippen molar-refractivity contribution >= 4 is 27.5 Å². The molecule has 0 aliphatic rings. The first kappa shape index (κ1) is 15.4. The van der Waals surface area contributed by atoms with Crippen molar-refractivity contribution in [3.63, 3.8) is 0 Å². The SMILES string of the molecule is COc1c(N)cccc1C(=O)NC(C)c1ccc(Br)cc1. The van der Waals surface area contributed by atoms with Crippen molar-refractivity contribution in [1.29, 1.82) is 0 Å². The number of nitrogen functional groups attached to an aromatic ring is 1. The highest BCUT2D eigenvalue weighted by Gasteiger charge is 2.17. The summed E-state index contributed by atoms with van der Waals surface area (Å²) in [5.74, 6) is 0.188. The van der Waals surface area contributed by atoms with E-state index in [0.29, 0.717) is 17.0 Å². The first-order chi connectivity index (χ1) is 10.0. The number of methoxy groups -OCH3 is 1. The summed E-state index contributed by atoms with van der Waals surface area (Å²) in [6.07, 6.45) is 0. The molecule has 0 fully saturated rings. The predicted octanol–water partition coefficient (Wildman–Crippen LogP) is 3.53. The molecule has 2 rings (SSSR count). The summed E-state index contributed by atoms with van der Waals surface area (Å²) >= 11 is 3.39. The number of para-hydroxylation sites is 1. The van der Waals surface area contributed by atoms with Gasteiger partial charge < -0.3 is 15.8 Å². The molecule has 0 saturated heterocycles. The van der Waals surface area contributed by atoms with Gasteiger partial charge in [0.15, 0.2) is 5.75 Å². The second-order valence-corrected chi connectivity index (χ2v) is 5.59. The van der Waals surface area contributed by atoms with Gasteiger partial charge in [0.05, 0.1) is 24.4 Å². The Morgan fingerprint density at radius 3 is 2.52 bits per heavy atom. The lowest BCUT2D eigenvalue weighted by Gasteiger charge is -2.16. The lowest BCUT2D eigenvalue weighted by molar-refractivity contribution is 0.0937. The first-order valence-electron chi connectivity index (χ1n) is 6.51. The molecule has 110 valence electrons. The van der Waals surface area contributed by atoms with Crippen LogP contribution in [0.2, 0.25) is 0 Å². The zero-order valence-corrected chi connectivity index (χ0v) is 13.5. The van der Waals surface area contributed by atoms with Crippen LogP contribution in [0.4, 0.5) is 5.69 Å². The Balaban J connectivity index is 2.18. The van der Waals surface area contributed by atoms with Gasteiger partial charge in [0.25, 0.3) is 5.91 Å². The molecule has 2 aromatic rings. The Bertz CT molecular complexity index is 641. The number of carbonyl (C=O) groups excluding carboxylic acids is 1. The standard InChI is InChI=1S/C16H17BrN2O2/c1-10(11-6-8-12(17)9-7-11)19-16(20)13-4-3-5-14(18)15(13)21-2/h3-10H,18H2,1-2H3,(H,19,20). The van der Waals surface area contributed by atoms with Crippen molar-refractivity contribution in [2.45, 2.75) is 13.0 Å². The van der Waals surface area contributed by atoms with Crippen LogP contribution in [0, 0.1) is 0 Å². The van der Waals surface area contributed by atoms with E-state index in [-0.39, 0.29) is 11.9 Å². The van der Waals surface area contributed by atoms with Crippen LogP contribution in [-0.4, -0.2) is 13.0 Å². The van der Waals surface area contributed by atoms with Crippen molar-refractivity contribution in [3.8, 4) is 5.75 Å². The second kappa shape index (κ2) is 6.63. The van der Waals surface area contributed by atoms with Crippen molar-refractivity contribution in [3.05, 3.63) is 58.1 Å². The van der Waals surface area contributed by atoms with E-state index in [9.17, 15) is 4.79 Å². The number of benzene rings is 2. The smallest absolute Gasteiger partial charge is 0.255 e. The van der Waals surface area contributed by atoms with Gasteiger partial charge in [0.2, 0.25) is 0 Å². The molecule has 4 nitrogen and oxygen atoms in total.